The first-order valence-electron chi connectivity index (χ1n) is 20.2. The van der Waals surface area contributed by atoms with Gasteiger partial charge in [-0.05, 0) is 31.7 Å². The van der Waals surface area contributed by atoms with Gasteiger partial charge in [0.2, 0.25) is 0 Å². The molecule has 0 saturated carbocycles. The van der Waals surface area contributed by atoms with Gasteiger partial charge in [-0.3, -0.25) is 0 Å². The number of unbranched alkanes of at least 4 members (excludes halogenated alkanes) is 10. The normalized spacial score (nSPS) is 13.7. The van der Waals surface area contributed by atoms with Crippen LogP contribution in [0, 0.1) is 0 Å². The van der Waals surface area contributed by atoms with Gasteiger partial charge in [0.25, 0.3) is 0 Å². The summed E-state index contributed by atoms with van der Waals surface area (Å²) in [5.41, 5.74) is 0. The molecule has 0 aliphatic carbocycles. The molecule has 0 aromatic rings. The van der Waals surface area contributed by atoms with E-state index in [0.29, 0.717) is 0 Å². The lowest BCUT2D eigenvalue weighted by atomic mass is 10.1. The van der Waals surface area contributed by atoms with Crippen LogP contribution < -0.4 is 0 Å². The third-order valence-electron chi connectivity index (χ3n) is 11.9. The van der Waals surface area contributed by atoms with Crippen molar-refractivity contribution >= 4 is 49.9 Å². The van der Waals surface area contributed by atoms with Gasteiger partial charge in [0.05, 0.1) is 32.3 Å². The zero-order chi connectivity index (χ0) is 39.4. The van der Waals surface area contributed by atoms with Gasteiger partial charge in [0, 0.05) is 54.7 Å². The van der Waals surface area contributed by atoms with Crippen LogP contribution in [0.1, 0.15) is 84.0 Å². The molecule has 0 fully saturated rings. The van der Waals surface area contributed by atoms with Crippen LogP contribution in [0.4, 0.5) is 0 Å². The predicted molar refractivity (Wildman–Crippen MR) is 239 cm³/mol. The summed E-state index contributed by atoms with van der Waals surface area (Å²) < 4.78 is 33.4. The SMILES string of the molecule is C=C([Si](C)(C)CCCCCCCC[Si](OC)(OC)OC)[Si](C)(C)CN(CC)C[Si](C)(C)C(=C)[Si](C)(C)CCCCCCCC[Si](OC)(OC)OC. The van der Waals surface area contributed by atoms with Gasteiger partial charge in [-0.15, -0.1) is 13.2 Å². The van der Waals surface area contributed by atoms with Crippen molar-refractivity contribution in [2.24, 2.45) is 0 Å². The minimum atomic E-state index is -2.42. The van der Waals surface area contributed by atoms with Crippen LogP contribution in [0.15, 0.2) is 22.8 Å². The summed E-state index contributed by atoms with van der Waals surface area (Å²) in [5, 5.41) is 0. The zero-order valence-corrected chi connectivity index (χ0v) is 42.7. The van der Waals surface area contributed by atoms with E-state index in [1.807, 2.05) is 0 Å². The highest BCUT2D eigenvalue weighted by atomic mass is 28.4. The molecule has 51 heavy (non-hydrogen) atoms. The van der Waals surface area contributed by atoms with Crippen molar-refractivity contribution in [2.45, 2.75) is 161 Å². The van der Waals surface area contributed by atoms with E-state index >= 15 is 0 Å². The van der Waals surface area contributed by atoms with Crippen molar-refractivity contribution in [3.05, 3.63) is 22.8 Å². The lowest BCUT2D eigenvalue weighted by Gasteiger charge is -2.43. The molecule has 0 aromatic carbocycles. The molecule has 0 atom stereocenters. The number of hydrogen-bond donors (Lipinski definition) is 0. The molecule has 0 radical (unpaired) electrons. The first-order chi connectivity index (χ1) is 23.7. The van der Waals surface area contributed by atoms with Gasteiger partial charge < -0.3 is 31.5 Å². The monoisotopic (exact) mass is 822 g/mol. The maximum atomic E-state index is 5.57. The molecule has 0 bridgehead atoms. The average Bonchev–Trinajstić information content (AvgIpc) is 3.09. The second kappa shape index (κ2) is 24.9. The molecule has 0 heterocycles. The minimum Gasteiger partial charge on any atom is -0.377 e. The largest absolute Gasteiger partial charge is 0.500 e. The Morgan fingerprint density at radius 2 is 0.627 bits per heavy atom. The number of nitrogens with zero attached hydrogens (tertiary/aromatic N) is 1. The highest BCUT2D eigenvalue weighted by molar-refractivity contribution is 7.06. The van der Waals surface area contributed by atoms with Crippen LogP contribution in [0.3, 0.4) is 0 Å². The maximum Gasteiger partial charge on any atom is 0.500 e. The van der Waals surface area contributed by atoms with Crippen LogP contribution in [0.5, 0.6) is 0 Å². The van der Waals surface area contributed by atoms with Crippen molar-refractivity contribution < 1.29 is 26.6 Å². The van der Waals surface area contributed by atoms with E-state index in [0.717, 1.165) is 31.5 Å². The number of hydrogen-bond acceptors (Lipinski definition) is 7. The van der Waals surface area contributed by atoms with E-state index in [9.17, 15) is 0 Å². The Hall–Kier alpha value is 0.501. The zero-order valence-electron chi connectivity index (χ0n) is 36.7. The summed E-state index contributed by atoms with van der Waals surface area (Å²) in [6.07, 6.45) is 17.7. The molecule has 0 saturated heterocycles. The molecule has 0 rings (SSSR count). The van der Waals surface area contributed by atoms with E-state index in [1.165, 1.54) is 88.6 Å². The molecule has 0 unspecified atom stereocenters. The van der Waals surface area contributed by atoms with Gasteiger partial charge in [-0.25, -0.2) is 0 Å². The van der Waals surface area contributed by atoms with Crippen LogP contribution in [-0.4, -0.2) is 116 Å². The third-order valence-corrected chi connectivity index (χ3v) is 37.9. The van der Waals surface area contributed by atoms with Gasteiger partial charge in [-0.2, -0.15) is 0 Å². The summed E-state index contributed by atoms with van der Waals surface area (Å²) in [6.45, 7) is 34.0. The Labute approximate surface area is 324 Å². The predicted octanol–water partition coefficient (Wildman–Crippen LogP) is 10.9. The van der Waals surface area contributed by atoms with E-state index in [-0.39, 0.29) is 0 Å². The number of rotatable bonds is 33. The molecule has 7 nitrogen and oxygen atoms in total. The van der Waals surface area contributed by atoms with Crippen LogP contribution in [0.2, 0.25) is 76.6 Å². The van der Waals surface area contributed by atoms with Crippen LogP contribution in [0.25, 0.3) is 0 Å². The molecule has 0 amide bonds. The van der Waals surface area contributed by atoms with Gasteiger partial charge in [0.1, 0.15) is 0 Å². The molecular weight excluding hydrogens is 735 g/mol. The van der Waals surface area contributed by atoms with Gasteiger partial charge >= 0.3 is 17.6 Å². The fourth-order valence-electron chi connectivity index (χ4n) is 8.07. The quantitative estimate of drug-likeness (QED) is 0.0483. The first kappa shape index (κ1) is 51.5. The van der Waals surface area contributed by atoms with Crippen LogP contribution >= 0.6 is 0 Å². The van der Waals surface area contributed by atoms with E-state index < -0.39 is 49.9 Å². The van der Waals surface area contributed by atoms with Crippen molar-refractivity contribution in [2.75, 3.05) is 61.5 Å². The van der Waals surface area contributed by atoms with Gasteiger partial charge in [-0.1, -0.05) is 145 Å². The van der Waals surface area contributed by atoms with Crippen LogP contribution in [-0.2, 0) is 26.6 Å². The van der Waals surface area contributed by atoms with Crippen molar-refractivity contribution in [1.29, 1.82) is 0 Å². The highest BCUT2D eigenvalue weighted by Gasteiger charge is 2.41. The van der Waals surface area contributed by atoms with E-state index in [2.05, 4.69) is 64.2 Å². The highest BCUT2D eigenvalue weighted by Crippen LogP contribution is 2.33. The fourth-order valence-corrected chi connectivity index (χ4v) is 33.9. The van der Waals surface area contributed by atoms with E-state index in [1.54, 1.807) is 52.3 Å². The smallest absolute Gasteiger partial charge is 0.377 e. The van der Waals surface area contributed by atoms with Crippen molar-refractivity contribution in [3.63, 3.8) is 0 Å². The molecular formula is C38H87NO6Si6. The Morgan fingerprint density at radius 1 is 0.392 bits per heavy atom. The molecule has 0 spiro atoms. The van der Waals surface area contributed by atoms with E-state index in [4.69, 9.17) is 39.7 Å². The molecule has 0 aliphatic heterocycles. The molecule has 0 N–H and O–H groups in total. The lowest BCUT2D eigenvalue weighted by Crippen LogP contribution is -2.56. The van der Waals surface area contributed by atoms with Gasteiger partial charge in [0.15, 0.2) is 0 Å². The minimum absolute atomic E-state index is 0.906. The summed E-state index contributed by atoms with van der Waals surface area (Å²) in [6, 6.07) is 4.55. The molecule has 304 valence electrons. The van der Waals surface area contributed by atoms with Crippen molar-refractivity contribution in [1.82, 2.24) is 4.90 Å². The molecule has 0 aliphatic rings. The van der Waals surface area contributed by atoms with Crippen molar-refractivity contribution in [3.8, 4) is 0 Å². The summed E-state index contributed by atoms with van der Waals surface area (Å²) in [5.74, 6) is 0. The second-order valence-electron chi connectivity index (χ2n) is 17.6. The Kier molecular flexibility index (Phi) is 25.1. The Balaban J connectivity index is 4.82. The molecule has 13 heteroatoms. The summed E-state index contributed by atoms with van der Waals surface area (Å²) in [4.78, 5) is 6.17. The summed E-state index contributed by atoms with van der Waals surface area (Å²) in [7, 11) is -0.871. The Bertz CT molecular complexity index is 882. The average molecular weight is 823 g/mol. The Morgan fingerprint density at radius 3 is 0.863 bits per heavy atom. The lowest BCUT2D eigenvalue weighted by molar-refractivity contribution is 0.122. The maximum absolute atomic E-state index is 5.57. The summed E-state index contributed by atoms with van der Waals surface area (Å²) >= 11 is 0. The second-order valence-corrected chi connectivity index (χ2v) is 43.9. The standard InChI is InChI=1S/C38H87NO6Si6/c1-18-39(35-48(14,15)37(2)46(10,11)31-27-23-19-21-25-29-33-50(40-4,41-5)42-6)36-49(16,17)38(3)47(12,13)32-28-24-20-22-26-30-34-51(43-7,44-8)45-9/h2-3,18-36H2,1,4-17H3. The molecule has 0 aromatic heterocycles. The third kappa shape index (κ3) is 18.3. The fraction of sp³-hybridized carbons (Fsp3) is 0.895. The topological polar surface area (TPSA) is 58.6 Å². The first-order valence-corrected chi connectivity index (χ1v) is 36.9.